The number of hydrogen-bond donors (Lipinski definition) is 2. The minimum absolute atomic E-state index is 0.0674. The zero-order valence-electron chi connectivity index (χ0n) is 14.9. The molecular formula is C19H16F3N3O3. The van der Waals surface area contributed by atoms with Crippen molar-refractivity contribution in [1.29, 1.82) is 0 Å². The third-order valence-electron chi connectivity index (χ3n) is 4.35. The van der Waals surface area contributed by atoms with Crippen molar-refractivity contribution in [1.82, 2.24) is 4.57 Å². The van der Waals surface area contributed by atoms with Crippen molar-refractivity contribution in [2.75, 3.05) is 25.2 Å². The zero-order valence-corrected chi connectivity index (χ0v) is 14.9. The molecule has 0 atom stereocenters. The first kappa shape index (κ1) is 19.3. The number of nitrogens with two attached hydrogens (primary N) is 1. The highest BCUT2D eigenvalue weighted by Gasteiger charge is 2.32. The van der Waals surface area contributed by atoms with Crippen LogP contribution in [0.25, 0.3) is 16.6 Å². The molecule has 0 aliphatic heterocycles. The van der Waals surface area contributed by atoms with Crippen molar-refractivity contribution in [3.05, 3.63) is 63.9 Å². The van der Waals surface area contributed by atoms with Crippen LogP contribution in [0.3, 0.4) is 0 Å². The lowest BCUT2D eigenvalue weighted by atomic mass is 10.1. The fourth-order valence-corrected chi connectivity index (χ4v) is 2.92. The van der Waals surface area contributed by atoms with Gasteiger partial charge in [0.15, 0.2) is 0 Å². The number of nitrogens with zero attached hydrogens (tertiary/aromatic N) is 1. The van der Waals surface area contributed by atoms with Crippen molar-refractivity contribution in [3.63, 3.8) is 0 Å². The number of esters is 1. The fraction of sp³-hybridized carbons (Fsp3) is 0.158. The average Bonchev–Trinajstić information content (AvgIpc) is 2.67. The lowest BCUT2D eigenvalue weighted by molar-refractivity contribution is -0.137. The van der Waals surface area contributed by atoms with Gasteiger partial charge in [0.25, 0.3) is 5.56 Å². The summed E-state index contributed by atoms with van der Waals surface area (Å²) in [5.74, 6) is -0.968. The maximum absolute atomic E-state index is 13.2. The van der Waals surface area contributed by atoms with Gasteiger partial charge in [-0.05, 0) is 36.4 Å². The molecular weight excluding hydrogens is 375 g/mol. The summed E-state index contributed by atoms with van der Waals surface area (Å²) < 4.78 is 45.3. The number of pyridine rings is 1. The average molecular weight is 391 g/mol. The minimum atomic E-state index is -4.61. The summed E-state index contributed by atoms with van der Waals surface area (Å²) in [7, 11) is 2.79. The van der Waals surface area contributed by atoms with Gasteiger partial charge in [0, 0.05) is 23.8 Å². The number of nitrogen functional groups attached to an aromatic ring is 1. The van der Waals surface area contributed by atoms with E-state index in [1.807, 2.05) is 0 Å². The topological polar surface area (TPSA) is 86.3 Å². The first-order valence-electron chi connectivity index (χ1n) is 8.11. The normalized spacial score (nSPS) is 11.5. The molecule has 3 aromatic rings. The summed E-state index contributed by atoms with van der Waals surface area (Å²) in [6.07, 6.45) is -4.61. The number of carbonyl (C=O) groups excluding carboxylic acids is 1. The van der Waals surface area contributed by atoms with Crippen LogP contribution in [0.15, 0.2) is 47.3 Å². The van der Waals surface area contributed by atoms with E-state index >= 15 is 0 Å². The molecule has 0 amide bonds. The van der Waals surface area contributed by atoms with Gasteiger partial charge >= 0.3 is 12.1 Å². The summed E-state index contributed by atoms with van der Waals surface area (Å²) in [6, 6.07) is 9.20. The largest absolute Gasteiger partial charge is 0.465 e. The van der Waals surface area contributed by atoms with Crippen LogP contribution in [-0.4, -0.2) is 24.7 Å². The van der Waals surface area contributed by atoms with E-state index < -0.39 is 28.8 Å². The van der Waals surface area contributed by atoms with E-state index in [1.165, 1.54) is 0 Å². The molecule has 0 saturated heterocycles. The third-order valence-corrected chi connectivity index (χ3v) is 4.35. The molecule has 3 rings (SSSR count). The van der Waals surface area contributed by atoms with E-state index in [9.17, 15) is 22.8 Å². The van der Waals surface area contributed by atoms with Gasteiger partial charge in [-0.2, -0.15) is 13.2 Å². The van der Waals surface area contributed by atoms with Gasteiger partial charge < -0.3 is 15.8 Å². The molecule has 2 aromatic carbocycles. The van der Waals surface area contributed by atoms with Gasteiger partial charge in [0.05, 0.1) is 23.9 Å². The third kappa shape index (κ3) is 3.15. The molecule has 28 heavy (non-hydrogen) atoms. The van der Waals surface area contributed by atoms with Crippen LogP contribution in [0.4, 0.5) is 24.5 Å². The Hall–Kier alpha value is -3.49. The quantitative estimate of drug-likeness (QED) is 0.668. The number of nitrogens with one attached hydrogen (secondary N) is 1. The van der Waals surface area contributed by atoms with Gasteiger partial charge in [-0.3, -0.25) is 9.36 Å². The molecule has 0 unspecified atom stereocenters. The molecule has 146 valence electrons. The minimum Gasteiger partial charge on any atom is -0.465 e. The first-order valence-corrected chi connectivity index (χ1v) is 8.11. The molecule has 1 heterocycles. The van der Waals surface area contributed by atoms with Gasteiger partial charge in [0.1, 0.15) is 5.56 Å². The second kappa shape index (κ2) is 6.91. The predicted octanol–water partition coefficient (Wildman–Crippen LogP) is 3.42. The van der Waals surface area contributed by atoms with Crippen molar-refractivity contribution < 1.29 is 22.7 Å². The number of aromatic nitrogens is 1. The number of methoxy groups -OCH3 is 1. The standard InChI is InChI=1S/C19H16F3N3O3/c1-24-11-4-6-12(7-5-11)25-14-9-10(19(20,21)22)3-8-13(14)16(23)15(17(25)26)18(27)28-2/h3-9,24H,23H2,1-2H3. The molecule has 0 fully saturated rings. The van der Waals surface area contributed by atoms with Crippen LogP contribution >= 0.6 is 0 Å². The number of ether oxygens (including phenoxy) is 1. The van der Waals surface area contributed by atoms with Gasteiger partial charge in [-0.25, -0.2) is 4.79 Å². The van der Waals surface area contributed by atoms with Crippen LogP contribution in [0.2, 0.25) is 0 Å². The number of benzene rings is 2. The molecule has 0 radical (unpaired) electrons. The Morgan fingerprint density at radius 3 is 2.32 bits per heavy atom. The van der Waals surface area contributed by atoms with Crippen molar-refractivity contribution in [2.45, 2.75) is 6.18 Å². The van der Waals surface area contributed by atoms with Crippen molar-refractivity contribution in [3.8, 4) is 5.69 Å². The summed E-state index contributed by atoms with van der Waals surface area (Å²) in [5.41, 5.74) is 4.41. The Balaban J connectivity index is 2.46. The molecule has 0 bridgehead atoms. The van der Waals surface area contributed by atoms with E-state index in [0.29, 0.717) is 0 Å². The highest BCUT2D eigenvalue weighted by molar-refractivity contribution is 6.04. The first-order chi connectivity index (χ1) is 13.2. The molecule has 0 aliphatic carbocycles. The van der Waals surface area contributed by atoms with Crippen LogP contribution in [0.1, 0.15) is 15.9 Å². The van der Waals surface area contributed by atoms with E-state index in [-0.39, 0.29) is 22.3 Å². The van der Waals surface area contributed by atoms with Crippen molar-refractivity contribution >= 4 is 28.2 Å². The van der Waals surface area contributed by atoms with Gasteiger partial charge in [-0.1, -0.05) is 6.07 Å². The number of halogens is 3. The molecule has 0 spiro atoms. The smallest absolute Gasteiger partial charge is 0.416 e. The van der Waals surface area contributed by atoms with Gasteiger partial charge in [0.2, 0.25) is 0 Å². The Morgan fingerprint density at radius 1 is 1.14 bits per heavy atom. The molecule has 0 aliphatic rings. The number of rotatable bonds is 3. The van der Waals surface area contributed by atoms with Crippen LogP contribution in [-0.2, 0) is 10.9 Å². The van der Waals surface area contributed by atoms with E-state index in [2.05, 4.69) is 10.1 Å². The molecule has 9 heteroatoms. The summed E-state index contributed by atoms with van der Waals surface area (Å²) in [4.78, 5) is 25.1. The predicted molar refractivity (Wildman–Crippen MR) is 99.8 cm³/mol. The molecule has 0 saturated carbocycles. The van der Waals surface area contributed by atoms with Crippen molar-refractivity contribution in [2.24, 2.45) is 0 Å². The molecule has 6 nitrogen and oxygen atoms in total. The van der Waals surface area contributed by atoms with Crippen LogP contribution in [0, 0.1) is 0 Å². The second-order valence-electron chi connectivity index (χ2n) is 5.95. The Kier molecular flexibility index (Phi) is 4.76. The Bertz CT molecular complexity index is 1120. The number of alkyl halides is 3. The summed E-state index contributed by atoms with van der Waals surface area (Å²) >= 11 is 0. The maximum atomic E-state index is 13.2. The molecule has 1 aromatic heterocycles. The van der Waals surface area contributed by atoms with Crippen LogP contribution in [0.5, 0.6) is 0 Å². The second-order valence-corrected chi connectivity index (χ2v) is 5.95. The maximum Gasteiger partial charge on any atom is 0.416 e. The number of carbonyl (C=O) groups is 1. The number of hydrogen-bond acceptors (Lipinski definition) is 5. The highest BCUT2D eigenvalue weighted by Crippen LogP contribution is 2.34. The molecule has 3 N–H and O–H groups in total. The highest BCUT2D eigenvalue weighted by atomic mass is 19.4. The summed E-state index contributed by atoms with van der Waals surface area (Å²) in [6.45, 7) is 0. The van der Waals surface area contributed by atoms with Crippen LogP contribution < -0.4 is 16.6 Å². The lowest BCUT2D eigenvalue weighted by Gasteiger charge is -2.17. The van der Waals surface area contributed by atoms with Gasteiger partial charge in [-0.15, -0.1) is 0 Å². The zero-order chi connectivity index (χ0) is 20.6. The van der Waals surface area contributed by atoms with E-state index in [4.69, 9.17) is 5.73 Å². The van der Waals surface area contributed by atoms with E-state index in [0.717, 1.165) is 35.6 Å². The lowest BCUT2D eigenvalue weighted by Crippen LogP contribution is -2.28. The number of anilines is 2. The Labute approximate surface area is 157 Å². The monoisotopic (exact) mass is 391 g/mol. The summed E-state index contributed by atoms with van der Waals surface area (Å²) in [5, 5.41) is 3.03. The fourth-order valence-electron chi connectivity index (χ4n) is 2.92. The SMILES string of the molecule is CNc1ccc(-n2c(=O)c(C(=O)OC)c(N)c3ccc(C(F)(F)F)cc32)cc1. The van der Waals surface area contributed by atoms with E-state index in [1.54, 1.807) is 31.3 Å². The number of fused-ring (bicyclic) bond motifs is 1. The Morgan fingerprint density at radius 2 is 1.79 bits per heavy atom.